The number of hydrogen-bond donors (Lipinski definition) is 0. The van der Waals surface area contributed by atoms with Gasteiger partial charge in [0, 0.05) is 17.6 Å². The molecular weight excluding hydrogens is 372 g/mol. The second-order valence-electron chi connectivity index (χ2n) is 5.97. The summed E-state index contributed by atoms with van der Waals surface area (Å²) in [5, 5.41) is -0.271. The first-order valence-electron chi connectivity index (χ1n) is 7.61. The minimum Gasteiger partial charge on any atom is -0.412 e. The van der Waals surface area contributed by atoms with Crippen LogP contribution in [0.15, 0.2) is 46.9 Å². The van der Waals surface area contributed by atoms with Crippen LogP contribution in [0.1, 0.15) is 18.9 Å². The van der Waals surface area contributed by atoms with Crippen molar-refractivity contribution in [1.82, 2.24) is 0 Å². The number of hydrogen-bond acceptors (Lipinski definition) is 4. The van der Waals surface area contributed by atoms with Gasteiger partial charge in [-0.1, -0.05) is 24.3 Å². The minimum absolute atomic E-state index is 0. The van der Waals surface area contributed by atoms with Crippen molar-refractivity contribution in [1.29, 1.82) is 0 Å². The lowest BCUT2D eigenvalue weighted by Gasteiger charge is -2.30. The quantitative estimate of drug-likeness (QED) is 0.574. The van der Waals surface area contributed by atoms with E-state index in [0.29, 0.717) is 12.3 Å². The highest BCUT2D eigenvalue weighted by molar-refractivity contribution is 7.99. The summed E-state index contributed by atoms with van der Waals surface area (Å²) >= 11 is 1.23. The van der Waals surface area contributed by atoms with E-state index in [4.69, 9.17) is 4.74 Å². The van der Waals surface area contributed by atoms with Crippen molar-refractivity contribution in [2.75, 3.05) is 11.5 Å². The molecule has 0 saturated carbocycles. The number of nitrogens with zero attached hydrogens (tertiary/aromatic N) is 2. The van der Waals surface area contributed by atoms with Crippen LogP contribution >= 0.6 is 11.9 Å². The van der Waals surface area contributed by atoms with Crippen LogP contribution in [-0.2, 0) is 10.9 Å². The van der Waals surface area contributed by atoms with Gasteiger partial charge in [-0.3, -0.25) is 0 Å². The molecule has 1 heterocycles. The molecule has 2 N–H and O–H groups in total. The standard InChI is InChI=1S/C17H16F4N2OS.H2O/c1-16(7-3-2-4-8-16)24-10-15-23(11-22-25-15)12-5-6-13(14(18)9-12)17(19,20)21;/h2-7,9,11,15H,8,10H2,1H3;1H2. The monoisotopic (exact) mass is 390 g/mol. The molecule has 1 aliphatic carbocycles. The van der Waals surface area contributed by atoms with Crippen LogP contribution in [0.4, 0.5) is 23.2 Å². The molecule has 0 spiro atoms. The second kappa shape index (κ2) is 7.81. The fraction of sp³-hybridized carbons (Fsp3) is 0.353. The van der Waals surface area contributed by atoms with Crippen molar-refractivity contribution in [3.63, 3.8) is 0 Å². The van der Waals surface area contributed by atoms with Crippen LogP contribution in [0.3, 0.4) is 0 Å². The molecule has 0 radical (unpaired) electrons. The summed E-state index contributed by atoms with van der Waals surface area (Å²) in [7, 11) is 0. The zero-order valence-corrected chi connectivity index (χ0v) is 14.6. The molecule has 2 aliphatic rings. The van der Waals surface area contributed by atoms with Gasteiger partial charge >= 0.3 is 6.18 Å². The largest absolute Gasteiger partial charge is 0.419 e. The Morgan fingerprint density at radius 1 is 1.35 bits per heavy atom. The number of ether oxygens (including phenoxy) is 1. The normalized spacial score (nSPS) is 24.8. The third kappa shape index (κ3) is 4.46. The van der Waals surface area contributed by atoms with E-state index >= 15 is 0 Å². The molecular formula is C17H18F4N2O2S. The van der Waals surface area contributed by atoms with Crippen LogP contribution in [0.2, 0.25) is 0 Å². The van der Waals surface area contributed by atoms with Gasteiger partial charge in [-0.05, 0) is 31.5 Å². The molecule has 0 bridgehead atoms. The second-order valence-corrected chi connectivity index (χ2v) is 6.93. The Balaban J connectivity index is 0.00000243. The smallest absolute Gasteiger partial charge is 0.412 e. The van der Waals surface area contributed by atoms with Crippen molar-refractivity contribution in [3.05, 3.63) is 53.9 Å². The van der Waals surface area contributed by atoms with E-state index < -0.39 is 23.2 Å². The van der Waals surface area contributed by atoms with Crippen LogP contribution in [0.5, 0.6) is 0 Å². The number of rotatable bonds is 4. The fourth-order valence-corrected chi connectivity index (χ4v) is 3.29. The van der Waals surface area contributed by atoms with Crippen molar-refractivity contribution >= 4 is 24.0 Å². The van der Waals surface area contributed by atoms with Crippen LogP contribution < -0.4 is 4.90 Å². The summed E-state index contributed by atoms with van der Waals surface area (Å²) < 4.78 is 61.9. The lowest BCUT2D eigenvalue weighted by molar-refractivity contribution is -0.139. The van der Waals surface area contributed by atoms with Gasteiger partial charge in [0.2, 0.25) is 0 Å². The molecule has 1 aliphatic heterocycles. The minimum atomic E-state index is -4.71. The molecule has 1 aromatic rings. The zero-order valence-electron chi connectivity index (χ0n) is 13.8. The summed E-state index contributed by atoms with van der Waals surface area (Å²) in [5.41, 5.74) is -1.41. The molecule has 0 saturated heterocycles. The Morgan fingerprint density at radius 2 is 2.12 bits per heavy atom. The molecule has 4 nitrogen and oxygen atoms in total. The van der Waals surface area contributed by atoms with E-state index in [1.807, 2.05) is 31.2 Å². The van der Waals surface area contributed by atoms with Crippen molar-refractivity contribution < 1.29 is 27.8 Å². The molecule has 2 unspecified atom stereocenters. The lowest BCUT2D eigenvalue weighted by Crippen LogP contribution is -2.36. The summed E-state index contributed by atoms with van der Waals surface area (Å²) in [6.07, 6.45) is 5.29. The number of allylic oxidation sites excluding steroid dienone is 2. The Morgan fingerprint density at radius 3 is 2.73 bits per heavy atom. The third-order valence-corrected chi connectivity index (χ3v) is 4.82. The molecule has 0 amide bonds. The molecule has 2 atom stereocenters. The Hall–Kier alpha value is -1.84. The summed E-state index contributed by atoms with van der Waals surface area (Å²) in [4.78, 5) is 1.61. The average Bonchev–Trinajstić information content (AvgIpc) is 3.01. The highest BCUT2D eigenvalue weighted by atomic mass is 32.2. The Labute approximate surface area is 152 Å². The van der Waals surface area contributed by atoms with E-state index in [-0.39, 0.29) is 10.9 Å². The first-order valence-corrected chi connectivity index (χ1v) is 8.45. The van der Waals surface area contributed by atoms with E-state index in [0.717, 1.165) is 18.6 Å². The van der Waals surface area contributed by atoms with E-state index in [2.05, 4.69) is 4.40 Å². The number of halogens is 4. The van der Waals surface area contributed by atoms with E-state index in [9.17, 15) is 17.6 Å². The van der Waals surface area contributed by atoms with E-state index in [1.54, 1.807) is 4.90 Å². The molecule has 142 valence electrons. The molecule has 0 fully saturated rings. The average molecular weight is 390 g/mol. The fourth-order valence-electron chi connectivity index (χ4n) is 2.59. The van der Waals surface area contributed by atoms with Crippen molar-refractivity contribution in [2.24, 2.45) is 4.40 Å². The summed E-state index contributed by atoms with van der Waals surface area (Å²) in [6.45, 7) is 2.25. The zero-order chi connectivity index (χ0) is 18.1. The Kier molecular flexibility index (Phi) is 6.15. The SMILES string of the molecule is CC1(OCC2SN=CN2c2ccc(C(F)(F)F)c(F)c2)C=CC=CC1.O. The summed E-state index contributed by atoms with van der Waals surface area (Å²) in [5.74, 6) is -1.30. The molecule has 3 rings (SSSR count). The lowest BCUT2D eigenvalue weighted by atomic mass is 9.98. The van der Waals surface area contributed by atoms with E-state index in [1.165, 1.54) is 24.4 Å². The van der Waals surface area contributed by atoms with Gasteiger partial charge in [0.15, 0.2) is 0 Å². The van der Waals surface area contributed by atoms with Crippen molar-refractivity contribution in [3.8, 4) is 0 Å². The molecule has 0 aromatic heterocycles. The first kappa shape index (κ1) is 20.5. The summed E-state index contributed by atoms with van der Waals surface area (Å²) in [6, 6.07) is 2.86. The maximum absolute atomic E-state index is 13.8. The maximum Gasteiger partial charge on any atom is 0.419 e. The predicted molar refractivity (Wildman–Crippen MR) is 94.6 cm³/mol. The topological polar surface area (TPSA) is 56.3 Å². The van der Waals surface area contributed by atoms with Gasteiger partial charge in [-0.25, -0.2) is 8.79 Å². The van der Waals surface area contributed by atoms with Crippen LogP contribution in [0, 0.1) is 5.82 Å². The Bertz CT molecular complexity index is 736. The van der Waals surface area contributed by atoms with Gasteiger partial charge in [0.25, 0.3) is 0 Å². The highest BCUT2D eigenvalue weighted by Crippen LogP contribution is 2.35. The molecule has 26 heavy (non-hydrogen) atoms. The third-order valence-electron chi connectivity index (χ3n) is 4.00. The molecule has 9 heteroatoms. The van der Waals surface area contributed by atoms with Crippen LogP contribution in [-0.4, -0.2) is 29.4 Å². The molecule has 1 aromatic carbocycles. The van der Waals surface area contributed by atoms with Gasteiger partial charge in [0.05, 0.1) is 17.8 Å². The maximum atomic E-state index is 13.8. The van der Waals surface area contributed by atoms with Gasteiger partial charge in [0.1, 0.15) is 17.5 Å². The van der Waals surface area contributed by atoms with Gasteiger partial charge in [-0.2, -0.15) is 13.2 Å². The number of benzene rings is 1. The number of alkyl halides is 3. The predicted octanol–water partition coefficient (Wildman–Crippen LogP) is 4.13. The first-order chi connectivity index (χ1) is 11.8. The van der Waals surface area contributed by atoms with Gasteiger partial charge in [-0.15, -0.1) is 0 Å². The highest BCUT2D eigenvalue weighted by Gasteiger charge is 2.35. The van der Waals surface area contributed by atoms with Crippen LogP contribution in [0.25, 0.3) is 0 Å². The van der Waals surface area contributed by atoms with Gasteiger partial charge < -0.3 is 15.1 Å². The van der Waals surface area contributed by atoms with Crippen molar-refractivity contribution in [2.45, 2.75) is 30.5 Å². The number of anilines is 1.